The molecular formula is C11H10N4O4. The van der Waals surface area contributed by atoms with Gasteiger partial charge >= 0.3 is 0 Å². The quantitative estimate of drug-likeness (QED) is 0.493. The highest BCUT2D eigenvalue weighted by atomic mass is 16.6. The van der Waals surface area contributed by atoms with Gasteiger partial charge in [0, 0.05) is 12.1 Å². The third-order valence-corrected chi connectivity index (χ3v) is 2.39. The van der Waals surface area contributed by atoms with Gasteiger partial charge in [-0.2, -0.15) is 0 Å². The van der Waals surface area contributed by atoms with E-state index in [1.807, 2.05) is 0 Å². The molecule has 0 unspecified atom stereocenters. The molecule has 0 spiro atoms. The Morgan fingerprint density at radius 2 is 2.26 bits per heavy atom. The van der Waals surface area contributed by atoms with Crippen LogP contribution in [-0.4, -0.2) is 16.0 Å². The van der Waals surface area contributed by atoms with E-state index in [0.717, 1.165) is 0 Å². The molecule has 0 fully saturated rings. The van der Waals surface area contributed by atoms with Crippen LogP contribution in [0.1, 0.15) is 16.1 Å². The van der Waals surface area contributed by atoms with Crippen LogP contribution >= 0.6 is 0 Å². The Balaban J connectivity index is 2.29. The van der Waals surface area contributed by atoms with Crippen molar-refractivity contribution in [2.45, 2.75) is 6.92 Å². The number of anilines is 2. The van der Waals surface area contributed by atoms with Crippen molar-refractivity contribution in [3.8, 4) is 0 Å². The van der Waals surface area contributed by atoms with E-state index >= 15 is 0 Å². The normalized spacial score (nSPS) is 10.2. The van der Waals surface area contributed by atoms with Gasteiger partial charge in [-0.05, 0) is 13.0 Å². The first-order valence-corrected chi connectivity index (χ1v) is 5.26. The summed E-state index contributed by atoms with van der Waals surface area (Å²) in [5.41, 5.74) is 5.10. The number of aromatic nitrogens is 1. The lowest BCUT2D eigenvalue weighted by Gasteiger charge is -2.05. The predicted molar refractivity (Wildman–Crippen MR) is 66.7 cm³/mol. The van der Waals surface area contributed by atoms with Crippen LogP contribution in [0.4, 0.5) is 17.2 Å². The number of benzene rings is 1. The molecule has 0 aliphatic rings. The average molecular weight is 262 g/mol. The van der Waals surface area contributed by atoms with E-state index in [-0.39, 0.29) is 22.8 Å². The highest BCUT2D eigenvalue weighted by molar-refractivity contribution is 6.08. The number of nitrogens with two attached hydrogens (primary N) is 1. The molecule has 19 heavy (non-hydrogen) atoms. The Hall–Kier alpha value is -2.90. The molecule has 0 saturated carbocycles. The summed E-state index contributed by atoms with van der Waals surface area (Å²) in [5.74, 6) is 0.158. The van der Waals surface area contributed by atoms with Crippen LogP contribution < -0.4 is 11.1 Å². The molecule has 0 saturated heterocycles. The lowest BCUT2D eigenvalue weighted by Crippen LogP contribution is -2.15. The van der Waals surface area contributed by atoms with Gasteiger partial charge in [-0.15, -0.1) is 0 Å². The Bertz CT molecular complexity index is 650. The molecule has 1 aromatic heterocycles. The summed E-state index contributed by atoms with van der Waals surface area (Å²) in [6.07, 6.45) is 0. The molecular weight excluding hydrogens is 252 g/mol. The maximum Gasteiger partial charge on any atom is 0.292 e. The summed E-state index contributed by atoms with van der Waals surface area (Å²) in [5, 5.41) is 16.8. The minimum atomic E-state index is -0.646. The van der Waals surface area contributed by atoms with Crippen molar-refractivity contribution in [1.82, 2.24) is 5.16 Å². The Kier molecular flexibility index (Phi) is 3.15. The zero-order chi connectivity index (χ0) is 14.0. The van der Waals surface area contributed by atoms with Gasteiger partial charge in [0.15, 0.2) is 5.82 Å². The molecule has 3 N–H and O–H groups in total. The number of nitro benzene ring substituents is 1. The Labute approximate surface area is 107 Å². The van der Waals surface area contributed by atoms with Gasteiger partial charge in [0.2, 0.25) is 0 Å². The number of para-hydroxylation sites is 1. The number of carbonyl (C=O) groups is 1. The van der Waals surface area contributed by atoms with Gasteiger partial charge < -0.3 is 15.6 Å². The molecule has 2 rings (SSSR count). The van der Waals surface area contributed by atoms with Crippen LogP contribution in [0.15, 0.2) is 28.8 Å². The van der Waals surface area contributed by atoms with Crippen LogP contribution in [0.25, 0.3) is 0 Å². The van der Waals surface area contributed by atoms with Gasteiger partial charge in [0.05, 0.1) is 10.5 Å². The summed E-state index contributed by atoms with van der Waals surface area (Å²) >= 11 is 0. The molecule has 1 aromatic carbocycles. The first kappa shape index (κ1) is 12.6. The smallest absolute Gasteiger partial charge is 0.292 e. The van der Waals surface area contributed by atoms with Crippen molar-refractivity contribution < 1.29 is 14.2 Å². The predicted octanol–water partition coefficient (Wildman–Crippen LogP) is 1.73. The van der Waals surface area contributed by atoms with Crippen molar-refractivity contribution in [2.24, 2.45) is 0 Å². The fourth-order valence-electron chi connectivity index (χ4n) is 1.52. The number of hydrogen-bond donors (Lipinski definition) is 2. The summed E-state index contributed by atoms with van der Waals surface area (Å²) in [6.45, 7) is 1.67. The lowest BCUT2D eigenvalue weighted by atomic mass is 10.1. The fourth-order valence-corrected chi connectivity index (χ4v) is 1.52. The topological polar surface area (TPSA) is 124 Å². The summed E-state index contributed by atoms with van der Waals surface area (Å²) in [7, 11) is 0. The van der Waals surface area contributed by atoms with Crippen LogP contribution in [-0.2, 0) is 0 Å². The highest BCUT2D eigenvalue weighted by Crippen LogP contribution is 2.25. The minimum Gasteiger partial charge on any atom is -0.393 e. The number of nitrogen functional groups attached to an aromatic ring is 1. The van der Waals surface area contributed by atoms with Gasteiger partial charge in [-0.3, -0.25) is 14.9 Å². The number of nitrogens with one attached hydrogen (secondary N) is 1. The second-order valence-corrected chi connectivity index (χ2v) is 3.77. The highest BCUT2D eigenvalue weighted by Gasteiger charge is 2.19. The van der Waals surface area contributed by atoms with Crippen LogP contribution in [0.5, 0.6) is 0 Å². The fraction of sp³-hybridized carbons (Fsp3) is 0.0909. The number of hydrogen-bond acceptors (Lipinski definition) is 6. The average Bonchev–Trinajstić information content (AvgIpc) is 2.74. The number of amides is 1. The molecule has 0 aliphatic heterocycles. The first-order valence-electron chi connectivity index (χ1n) is 5.26. The number of aryl methyl sites for hydroxylation is 1. The molecule has 8 heteroatoms. The maximum absolute atomic E-state index is 11.9. The van der Waals surface area contributed by atoms with Gasteiger partial charge in [-0.25, -0.2) is 0 Å². The number of nitrogens with zero attached hydrogens (tertiary/aromatic N) is 2. The molecule has 0 bridgehead atoms. The summed E-state index contributed by atoms with van der Waals surface area (Å²) < 4.78 is 4.79. The van der Waals surface area contributed by atoms with Crippen molar-refractivity contribution in [2.75, 3.05) is 11.1 Å². The molecule has 1 heterocycles. The monoisotopic (exact) mass is 262 g/mol. The molecule has 0 aliphatic carbocycles. The van der Waals surface area contributed by atoms with Crippen LogP contribution in [0.2, 0.25) is 0 Å². The molecule has 98 valence electrons. The molecule has 2 aromatic rings. The van der Waals surface area contributed by atoms with E-state index < -0.39 is 10.8 Å². The number of carbonyl (C=O) groups excluding carboxylic acids is 1. The van der Waals surface area contributed by atoms with Crippen molar-refractivity contribution >= 4 is 23.1 Å². The SMILES string of the molecule is Cc1cc(NC(=O)c2cccc([N+](=O)[O-])c2N)no1. The number of rotatable bonds is 3. The molecule has 1 amide bonds. The molecule has 0 radical (unpaired) electrons. The summed E-state index contributed by atoms with van der Waals surface area (Å²) in [4.78, 5) is 22.0. The number of nitro groups is 1. The maximum atomic E-state index is 11.9. The van der Waals surface area contributed by atoms with E-state index in [2.05, 4.69) is 10.5 Å². The standard InChI is InChI=1S/C11H10N4O4/c1-6-5-9(14-19-6)13-11(16)7-3-2-4-8(10(7)12)15(17)18/h2-5H,12H2,1H3,(H,13,14,16). The van der Waals surface area contributed by atoms with Crippen LogP contribution in [0, 0.1) is 17.0 Å². The van der Waals surface area contributed by atoms with Gasteiger partial charge in [0.1, 0.15) is 11.4 Å². The van der Waals surface area contributed by atoms with Crippen molar-refractivity contribution in [3.63, 3.8) is 0 Å². The zero-order valence-corrected chi connectivity index (χ0v) is 9.91. The van der Waals surface area contributed by atoms with E-state index in [0.29, 0.717) is 5.76 Å². The van der Waals surface area contributed by atoms with Crippen LogP contribution in [0.3, 0.4) is 0 Å². The minimum absolute atomic E-state index is 0.00912. The van der Waals surface area contributed by atoms with E-state index in [1.54, 1.807) is 6.92 Å². The third kappa shape index (κ3) is 2.51. The Morgan fingerprint density at radius 3 is 2.84 bits per heavy atom. The van der Waals surface area contributed by atoms with Gasteiger partial charge in [0.25, 0.3) is 11.6 Å². The summed E-state index contributed by atoms with van der Waals surface area (Å²) in [6, 6.07) is 5.53. The first-order chi connectivity index (χ1) is 8.99. The zero-order valence-electron chi connectivity index (χ0n) is 9.91. The second-order valence-electron chi connectivity index (χ2n) is 3.77. The third-order valence-electron chi connectivity index (χ3n) is 2.39. The van der Waals surface area contributed by atoms with Crippen molar-refractivity contribution in [3.05, 3.63) is 45.7 Å². The lowest BCUT2D eigenvalue weighted by molar-refractivity contribution is -0.383. The second kappa shape index (κ2) is 4.77. The molecule has 0 atom stereocenters. The molecule has 8 nitrogen and oxygen atoms in total. The largest absolute Gasteiger partial charge is 0.393 e. The van der Waals surface area contributed by atoms with Gasteiger partial charge in [-0.1, -0.05) is 11.2 Å². The van der Waals surface area contributed by atoms with E-state index in [9.17, 15) is 14.9 Å². The van der Waals surface area contributed by atoms with Crippen molar-refractivity contribution in [1.29, 1.82) is 0 Å². The van der Waals surface area contributed by atoms with E-state index in [4.69, 9.17) is 10.3 Å². The Morgan fingerprint density at radius 1 is 1.53 bits per heavy atom. The van der Waals surface area contributed by atoms with E-state index in [1.165, 1.54) is 24.3 Å².